The molecule has 2 aromatic carbocycles. The number of amides is 2. The molecule has 2 aromatic rings. The molecule has 0 saturated heterocycles. The highest BCUT2D eigenvalue weighted by Crippen LogP contribution is 2.23. The lowest BCUT2D eigenvalue weighted by atomic mass is 10.1. The van der Waals surface area contributed by atoms with E-state index in [1.165, 1.54) is 13.8 Å². The average Bonchev–Trinajstić information content (AvgIpc) is 2.40. The Hall–Kier alpha value is -2.42. The highest BCUT2D eigenvalue weighted by molar-refractivity contribution is 6.13. The Balaban J connectivity index is 2.33. The fraction of sp³-hybridized carbons (Fsp3) is 0.125. The van der Waals surface area contributed by atoms with Crippen LogP contribution in [0, 0.1) is 0 Å². The van der Waals surface area contributed by atoms with Crippen LogP contribution in [0.4, 0.5) is 5.69 Å². The van der Waals surface area contributed by atoms with Gasteiger partial charge in [-0.1, -0.05) is 42.5 Å². The molecule has 2 rings (SSSR count). The highest BCUT2D eigenvalue weighted by atomic mass is 16.2. The zero-order valence-corrected chi connectivity index (χ0v) is 11.0. The summed E-state index contributed by atoms with van der Waals surface area (Å²) in [5, 5.41) is 0. The molecule has 0 bridgehead atoms. The number of carbonyl (C=O) groups excluding carboxylic acids is 2. The predicted octanol–water partition coefficient (Wildman–Crippen LogP) is 3.25. The molecule has 0 fully saturated rings. The SMILES string of the molecule is CC(=O)N(C(C)=O)c1ccc(-c2ccccc2)cc1. The van der Waals surface area contributed by atoms with E-state index in [2.05, 4.69) is 0 Å². The first kappa shape index (κ1) is 13.0. The Morgan fingerprint density at radius 1 is 0.737 bits per heavy atom. The lowest BCUT2D eigenvalue weighted by molar-refractivity contribution is -0.124. The van der Waals surface area contributed by atoms with Gasteiger partial charge in [-0.25, -0.2) is 0 Å². The molecule has 0 unspecified atom stereocenters. The van der Waals surface area contributed by atoms with Crippen LogP contribution in [0.3, 0.4) is 0 Å². The molecule has 0 aliphatic heterocycles. The molecule has 0 aliphatic rings. The lowest BCUT2D eigenvalue weighted by Crippen LogP contribution is -2.32. The summed E-state index contributed by atoms with van der Waals surface area (Å²) >= 11 is 0. The molecule has 0 radical (unpaired) electrons. The van der Waals surface area contributed by atoms with Gasteiger partial charge in [0.25, 0.3) is 0 Å². The van der Waals surface area contributed by atoms with E-state index in [0.29, 0.717) is 5.69 Å². The van der Waals surface area contributed by atoms with E-state index >= 15 is 0 Å². The molecule has 0 aromatic heterocycles. The Bertz CT molecular complexity index is 574. The van der Waals surface area contributed by atoms with Crippen molar-refractivity contribution in [1.29, 1.82) is 0 Å². The molecule has 0 saturated carbocycles. The van der Waals surface area contributed by atoms with Crippen molar-refractivity contribution in [3.63, 3.8) is 0 Å². The fourth-order valence-electron chi connectivity index (χ4n) is 2.02. The van der Waals surface area contributed by atoms with Crippen LogP contribution in [0.25, 0.3) is 11.1 Å². The Morgan fingerprint density at radius 3 is 1.68 bits per heavy atom. The second-order valence-corrected chi connectivity index (χ2v) is 4.29. The van der Waals surface area contributed by atoms with Crippen molar-refractivity contribution in [3.05, 3.63) is 54.6 Å². The van der Waals surface area contributed by atoms with Gasteiger partial charge in [-0.15, -0.1) is 0 Å². The molecule has 3 nitrogen and oxygen atoms in total. The largest absolute Gasteiger partial charge is 0.274 e. The van der Waals surface area contributed by atoms with E-state index in [1.807, 2.05) is 42.5 Å². The Labute approximate surface area is 112 Å². The predicted molar refractivity (Wildman–Crippen MR) is 75.7 cm³/mol. The lowest BCUT2D eigenvalue weighted by Gasteiger charge is -2.17. The number of benzene rings is 2. The zero-order chi connectivity index (χ0) is 13.8. The summed E-state index contributed by atoms with van der Waals surface area (Å²) in [6.07, 6.45) is 0. The van der Waals surface area contributed by atoms with Crippen LogP contribution in [0.5, 0.6) is 0 Å². The van der Waals surface area contributed by atoms with Gasteiger partial charge in [0.05, 0.1) is 5.69 Å². The Kier molecular flexibility index (Phi) is 3.76. The van der Waals surface area contributed by atoms with E-state index in [-0.39, 0.29) is 11.8 Å². The number of anilines is 1. The number of nitrogens with zero attached hydrogens (tertiary/aromatic N) is 1. The highest BCUT2D eigenvalue weighted by Gasteiger charge is 2.15. The van der Waals surface area contributed by atoms with Gasteiger partial charge in [0.2, 0.25) is 11.8 Å². The molecule has 0 aliphatic carbocycles. The van der Waals surface area contributed by atoms with Gasteiger partial charge in [0.1, 0.15) is 0 Å². The summed E-state index contributed by atoms with van der Waals surface area (Å²) in [5.74, 6) is -0.556. The van der Waals surface area contributed by atoms with Crippen LogP contribution >= 0.6 is 0 Å². The van der Waals surface area contributed by atoms with Crippen LogP contribution in [-0.4, -0.2) is 11.8 Å². The molecule has 0 spiro atoms. The summed E-state index contributed by atoms with van der Waals surface area (Å²) in [5.41, 5.74) is 2.75. The van der Waals surface area contributed by atoms with Gasteiger partial charge < -0.3 is 0 Å². The second-order valence-electron chi connectivity index (χ2n) is 4.29. The maximum atomic E-state index is 11.4. The van der Waals surface area contributed by atoms with E-state index < -0.39 is 0 Å². The third kappa shape index (κ3) is 2.88. The standard InChI is InChI=1S/C16H15NO2/c1-12(18)17(13(2)19)16-10-8-15(9-11-16)14-6-4-3-5-7-14/h3-11H,1-2H3. The van der Waals surface area contributed by atoms with Crippen LogP contribution in [0.15, 0.2) is 54.6 Å². The monoisotopic (exact) mass is 253 g/mol. The summed E-state index contributed by atoms with van der Waals surface area (Å²) < 4.78 is 0. The maximum Gasteiger partial charge on any atom is 0.230 e. The van der Waals surface area contributed by atoms with Crippen molar-refractivity contribution in [3.8, 4) is 11.1 Å². The van der Waals surface area contributed by atoms with Crippen molar-refractivity contribution in [1.82, 2.24) is 0 Å². The number of hydrogen-bond donors (Lipinski definition) is 0. The Morgan fingerprint density at radius 2 is 1.21 bits per heavy atom. The van der Waals surface area contributed by atoms with Gasteiger partial charge in [-0.05, 0) is 23.3 Å². The number of hydrogen-bond acceptors (Lipinski definition) is 2. The zero-order valence-electron chi connectivity index (χ0n) is 11.0. The first-order chi connectivity index (χ1) is 9.09. The van der Waals surface area contributed by atoms with Gasteiger partial charge in [-0.2, -0.15) is 0 Å². The van der Waals surface area contributed by atoms with Crippen LogP contribution in [0.2, 0.25) is 0 Å². The first-order valence-electron chi connectivity index (χ1n) is 6.06. The van der Waals surface area contributed by atoms with Crippen molar-refractivity contribution in [2.75, 3.05) is 4.90 Å². The van der Waals surface area contributed by atoms with E-state index in [1.54, 1.807) is 12.1 Å². The van der Waals surface area contributed by atoms with E-state index in [0.717, 1.165) is 16.0 Å². The minimum atomic E-state index is -0.278. The number of carbonyl (C=O) groups is 2. The smallest absolute Gasteiger partial charge is 0.230 e. The van der Waals surface area contributed by atoms with Gasteiger partial charge in [0, 0.05) is 13.8 Å². The topological polar surface area (TPSA) is 37.4 Å². The van der Waals surface area contributed by atoms with Gasteiger partial charge in [0.15, 0.2) is 0 Å². The molecule has 0 atom stereocenters. The fourth-order valence-corrected chi connectivity index (χ4v) is 2.02. The van der Waals surface area contributed by atoms with Crippen molar-refractivity contribution in [2.24, 2.45) is 0 Å². The van der Waals surface area contributed by atoms with Crippen LogP contribution < -0.4 is 4.90 Å². The normalized spacial score (nSPS) is 10.0. The molecule has 96 valence electrons. The molecular weight excluding hydrogens is 238 g/mol. The van der Waals surface area contributed by atoms with Crippen molar-refractivity contribution < 1.29 is 9.59 Å². The third-order valence-electron chi connectivity index (χ3n) is 2.86. The minimum absolute atomic E-state index is 0.278. The second kappa shape index (κ2) is 5.48. The van der Waals surface area contributed by atoms with Gasteiger partial charge >= 0.3 is 0 Å². The quantitative estimate of drug-likeness (QED) is 0.823. The molecule has 0 heterocycles. The summed E-state index contributed by atoms with van der Waals surface area (Å²) in [6, 6.07) is 17.3. The number of rotatable bonds is 2. The summed E-state index contributed by atoms with van der Waals surface area (Å²) in [6.45, 7) is 2.76. The molecule has 0 N–H and O–H groups in total. The average molecular weight is 253 g/mol. The molecule has 2 amide bonds. The maximum absolute atomic E-state index is 11.4. The van der Waals surface area contributed by atoms with Crippen LogP contribution in [-0.2, 0) is 9.59 Å². The molecular formula is C16H15NO2. The van der Waals surface area contributed by atoms with E-state index in [9.17, 15) is 9.59 Å². The van der Waals surface area contributed by atoms with Gasteiger partial charge in [-0.3, -0.25) is 14.5 Å². The summed E-state index contributed by atoms with van der Waals surface area (Å²) in [4.78, 5) is 24.1. The molecule has 19 heavy (non-hydrogen) atoms. The first-order valence-corrected chi connectivity index (χ1v) is 6.06. The number of imide groups is 1. The minimum Gasteiger partial charge on any atom is -0.274 e. The molecule has 3 heteroatoms. The van der Waals surface area contributed by atoms with Crippen molar-refractivity contribution in [2.45, 2.75) is 13.8 Å². The third-order valence-corrected chi connectivity index (χ3v) is 2.86. The summed E-state index contributed by atoms with van der Waals surface area (Å²) in [7, 11) is 0. The van der Waals surface area contributed by atoms with Crippen LogP contribution in [0.1, 0.15) is 13.8 Å². The van der Waals surface area contributed by atoms with E-state index in [4.69, 9.17) is 0 Å². The van der Waals surface area contributed by atoms with Crippen molar-refractivity contribution >= 4 is 17.5 Å².